The highest BCUT2D eigenvalue weighted by Gasteiger charge is 2.20. The summed E-state index contributed by atoms with van der Waals surface area (Å²) in [5, 5.41) is 4.00. The highest BCUT2D eigenvalue weighted by Crippen LogP contribution is 2.36. The molecule has 8 nitrogen and oxygen atoms in total. The van der Waals surface area contributed by atoms with Crippen LogP contribution in [0.5, 0.6) is 11.5 Å². The van der Waals surface area contributed by atoms with E-state index in [1.165, 1.54) is 18.5 Å². The molecule has 0 amide bonds. The van der Waals surface area contributed by atoms with E-state index < -0.39 is 5.82 Å². The van der Waals surface area contributed by atoms with Crippen LogP contribution in [0.15, 0.2) is 36.7 Å². The summed E-state index contributed by atoms with van der Waals surface area (Å²) in [6.45, 7) is 6.30. The second kappa shape index (κ2) is 12.0. The summed E-state index contributed by atoms with van der Waals surface area (Å²) in [5.74, 6) is 1.35. The SMILES string of the molecule is Fc1ccc(Nc2ncnc3cc(OCCCN4CCOCC4)c(OC4CCCOC4)cc23)cc1Cl. The molecule has 3 aromatic rings. The van der Waals surface area contributed by atoms with E-state index in [1.807, 2.05) is 12.1 Å². The Morgan fingerprint density at radius 3 is 2.78 bits per heavy atom. The van der Waals surface area contributed by atoms with Crippen molar-refractivity contribution in [3.05, 3.63) is 47.5 Å². The molecule has 0 bridgehead atoms. The molecule has 0 spiro atoms. The molecule has 1 N–H and O–H groups in total. The molecule has 2 aliphatic heterocycles. The smallest absolute Gasteiger partial charge is 0.163 e. The fourth-order valence-corrected chi connectivity index (χ4v) is 4.54. The number of hydrogen-bond donors (Lipinski definition) is 1. The number of anilines is 2. The lowest BCUT2D eigenvalue weighted by Gasteiger charge is -2.27. The van der Waals surface area contributed by atoms with Crippen molar-refractivity contribution in [1.82, 2.24) is 14.9 Å². The number of rotatable bonds is 9. The Kier molecular flexibility index (Phi) is 8.32. The summed E-state index contributed by atoms with van der Waals surface area (Å²) < 4.78 is 37.2. The van der Waals surface area contributed by atoms with Gasteiger partial charge >= 0.3 is 0 Å². The van der Waals surface area contributed by atoms with Crippen LogP contribution in [0.25, 0.3) is 10.9 Å². The van der Waals surface area contributed by atoms with Gasteiger partial charge in [-0.15, -0.1) is 0 Å². The van der Waals surface area contributed by atoms with Crippen LogP contribution >= 0.6 is 11.6 Å². The summed E-state index contributed by atoms with van der Waals surface area (Å²) in [4.78, 5) is 11.2. The predicted octanol–water partition coefficient (Wildman–Crippen LogP) is 4.82. The minimum absolute atomic E-state index is 0.0347. The molecule has 10 heteroatoms. The maximum Gasteiger partial charge on any atom is 0.163 e. The topological polar surface area (TPSA) is 78.0 Å². The average Bonchev–Trinajstić information content (AvgIpc) is 2.90. The van der Waals surface area contributed by atoms with Gasteiger partial charge in [-0.2, -0.15) is 0 Å². The molecule has 0 radical (unpaired) electrons. The van der Waals surface area contributed by atoms with Crippen LogP contribution in [0.1, 0.15) is 19.3 Å². The first-order valence-electron chi connectivity index (χ1n) is 12.3. The quantitative estimate of drug-likeness (QED) is 0.405. The van der Waals surface area contributed by atoms with Crippen molar-refractivity contribution in [1.29, 1.82) is 0 Å². The van der Waals surface area contributed by atoms with Gasteiger partial charge in [0.25, 0.3) is 0 Å². The summed E-state index contributed by atoms with van der Waals surface area (Å²) >= 11 is 5.96. The van der Waals surface area contributed by atoms with Crippen molar-refractivity contribution in [3.8, 4) is 11.5 Å². The highest BCUT2D eigenvalue weighted by atomic mass is 35.5. The molecule has 192 valence electrons. The van der Waals surface area contributed by atoms with Gasteiger partial charge in [-0.05, 0) is 43.5 Å². The van der Waals surface area contributed by atoms with Crippen LogP contribution < -0.4 is 14.8 Å². The Labute approximate surface area is 214 Å². The molecule has 1 unspecified atom stereocenters. The molecule has 2 saturated heterocycles. The average molecular weight is 517 g/mol. The van der Waals surface area contributed by atoms with E-state index in [0.717, 1.165) is 64.1 Å². The van der Waals surface area contributed by atoms with E-state index >= 15 is 0 Å². The zero-order valence-corrected chi connectivity index (χ0v) is 20.8. The number of nitrogens with one attached hydrogen (secondary N) is 1. The van der Waals surface area contributed by atoms with Crippen LogP contribution in [-0.4, -0.2) is 73.6 Å². The van der Waals surface area contributed by atoms with E-state index in [-0.39, 0.29) is 11.1 Å². The van der Waals surface area contributed by atoms with Crippen molar-refractivity contribution in [2.45, 2.75) is 25.4 Å². The van der Waals surface area contributed by atoms with E-state index in [2.05, 4.69) is 20.2 Å². The standard InChI is InChI=1S/C26H30ClFN4O4/c27-21-13-18(4-5-22(21)28)31-26-20-14-25(36-19-3-1-9-34-16-19)24(15-23(20)29-17-30-26)35-10-2-6-32-7-11-33-12-8-32/h4-5,13-15,17,19H,1-3,6-12,16H2,(H,29,30,31). The maximum absolute atomic E-state index is 13.6. The Hall–Kier alpha value is -2.72. The van der Waals surface area contributed by atoms with E-state index in [0.29, 0.717) is 41.7 Å². The second-order valence-electron chi connectivity index (χ2n) is 8.91. The molecule has 2 fully saturated rings. The minimum atomic E-state index is -0.476. The predicted molar refractivity (Wildman–Crippen MR) is 136 cm³/mol. The summed E-state index contributed by atoms with van der Waals surface area (Å²) in [5.41, 5.74) is 1.32. The van der Waals surface area contributed by atoms with Crippen molar-refractivity contribution in [2.24, 2.45) is 0 Å². The molecule has 36 heavy (non-hydrogen) atoms. The first kappa shape index (κ1) is 25.0. The number of halogens is 2. The van der Waals surface area contributed by atoms with E-state index in [4.69, 9.17) is 30.5 Å². The lowest BCUT2D eigenvalue weighted by molar-refractivity contribution is 0.00614. The summed E-state index contributed by atoms with van der Waals surface area (Å²) in [6.07, 6.45) is 4.19. The van der Waals surface area contributed by atoms with Gasteiger partial charge in [0.15, 0.2) is 11.5 Å². The number of aromatic nitrogens is 2. The maximum atomic E-state index is 13.6. The molecule has 0 saturated carbocycles. The van der Waals surface area contributed by atoms with Crippen LogP contribution in [0.2, 0.25) is 5.02 Å². The van der Waals surface area contributed by atoms with Gasteiger partial charge in [-0.1, -0.05) is 11.6 Å². The normalized spacial score (nSPS) is 18.8. The number of morpholine rings is 1. The highest BCUT2D eigenvalue weighted by molar-refractivity contribution is 6.31. The minimum Gasteiger partial charge on any atom is -0.490 e. The van der Waals surface area contributed by atoms with Gasteiger partial charge in [0.1, 0.15) is 24.1 Å². The van der Waals surface area contributed by atoms with Gasteiger partial charge in [0, 0.05) is 43.4 Å². The Morgan fingerprint density at radius 1 is 1.08 bits per heavy atom. The van der Waals surface area contributed by atoms with Gasteiger partial charge < -0.3 is 24.3 Å². The number of hydrogen-bond acceptors (Lipinski definition) is 8. The van der Waals surface area contributed by atoms with Crippen LogP contribution in [0.4, 0.5) is 15.9 Å². The number of benzene rings is 2. The zero-order chi connectivity index (χ0) is 24.7. The third-order valence-electron chi connectivity index (χ3n) is 6.28. The van der Waals surface area contributed by atoms with Crippen LogP contribution in [-0.2, 0) is 9.47 Å². The third-order valence-corrected chi connectivity index (χ3v) is 6.56. The molecule has 3 heterocycles. The van der Waals surface area contributed by atoms with Crippen LogP contribution in [0.3, 0.4) is 0 Å². The molecule has 2 aliphatic rings. The van der Waals surface area contributed by atoms with E-state index in [9.17, 15) is 4.39 Å². The van der Waals surface area contributed by atoms with Crippen molar-refractivity contribution in [3.63, 3.8) is 0 Å². The molecule has 1 aromatic heterocycles. The molecule has 1 atom stereocenters. The number of nitrogens with zero attached hydrogens (tertiary/aromatic N) is 3. The molecule has 0 aliphatic carbocycles. The fourth-order valence-electron chi connectivity index (χ4n) is 4.36. The Morgan fingerprint density at radius 2 is 1.97 bits per heavy atom. The summed E-state index contributed by atoms with van der Waals surface area (Å²) in [6, 6.07) is 8.22. The summed E-state index contributed by atoms with van der Waals surface area (Å²) in [7, 11) is 0. The van der Waals surface area contributed by atoms with E-state index in [1.54, 1.807) is 6.07 Å². The zero-order valence-electron chi connectivity index (χ0n) is 20.1. The molecule has 2 aromatic carbocycles. The van der Waals surface area contributed by atoms with Gasteiger partial charge in [-0.3, -0.25) is 4.90 Å². The van der Waals surface area contributed by atoms with Crippen molar-refractivity contribution in [2.75, 3.05) is 58.0 Å². The molecule has 5 rings (SSSR count). The number of ether oxygens (including phenoxy) is 4. The van der Waals surface area contributed by atoms with Gasteiger partial charge in [0.2, 0.25) is 0 Å². The molecular weight excluding hydrogens is 487 g/mol. The lowest BCUT2D eigenvalue weighted by atomic mass is 10.1. The number of fused-ring (bicyclic) bond motifs is 1. The van der Waals surface area contributed by atoms with Crippen LogP contribution in [0, 0.1) is 5.82 Å². The Bertz CT molecular complexity index is 1170. The first-order valence-corrected chi connectivity index (χ1v) is 12.7. The monoisotopic (exact) mass is 516 g/mol. The third kappa shape index (κ3) is 6.34. The lowest BCUT2D eigenvalue weighted by Crippen LogP contribution is -2.37. The fraction of sp³-hybridized carbons (Fsp3) is 0.462. The largest absolute Gasteiger partial charge is 0.490 e. The second-order valence-corrected chi connectivity index (χ2v) is 9.31. The molecular formula is C26H30ClFN4O4. The first-order chi connectivity index (χ1) is 17.7. The van der Waals surface area contributed by atoms with Crippen molar-refractivity contribution >= 4 is 34.0 Å². The van der Waals surface area contributed by atoms with Crippen molar-refractivity contribution < 1.29 is 23.3 Å². The Balaban J connectivity index is 1.37. The van der Waals surface area contributed by atoms with Gasteiger partial charge in [0.05, 0.1) is 37.0 Å². The van der Waals surface area contributed by atoms with Gasteiger partial charge in [-0.25, -0.2) is 14.4 Å².